The van der Waals surface area contributed by atoms with Crippen LogP contribution in [-0.2, 0) is 4.74 Å². The van der Waals surface area contributed by atoms with Gasteiger partial charge in [-0.25, -0.2) is 0 Å². The molecule has 0 aromatic carbocycles. The molecule has 1 heterocycles. The van der Waals surface area contributed by atoms with Crippen LogP contribution in [0.15, 0.2) is 11.6 Å². The third-order valence-corrected chi connectivity index (χ3v) is 11.0. The highest BCUT2D eigenvalue weighted by Gasteiger charge is 2.40. The zero-order valence-corrected chi connectivity index (χ0v) is 25.6. The monoisotopic (exact) mass is 574 g/mol. The zero-order valence-electron chi connectivity index (χ0n) is 24.9. The summed E-state index contributed by atoms with van der Waals surface area (Å²) in [6.07, 6.45) is 9.75. The molecule has 1 aliphatic heterocycles. The number of ether oxygens (including phenoxy) is 1. The molecule has 226 valence electrons. The first-order chi connectivity index (χ1) is 18.4. The van der Waals surface area contributed by atoms with Gasteiger partial charge < -0.3 is 10.2 Å². The number of hydrogen-bond donors (Lipinski definition) is 1. The smallest absolute Gasteiger partial charge is 0.312 e. The number of nitrogens with zero attached hydrogens (tertiary/aromatic N) is 1. The average molecular weight is 575 g/mol. The maximum Gasteiger partial charge on any atom is 0.522 e. The molecule has 0 aromatic rings. The molecule has 3 unspecified atom stereocenters. The van der Waals surface area contributed by atoms with Gasteiger partial charge in [-0.3, -0.25) is 4.74 Å². The third kappa shape index (κ3) is 9.35. The lowest BCUT2D eigenvalue weighted by Crippen LogP contribution is -2.52. The summed E-state index contributed by atoms with van der Waals surface area (Å²) in [5.74, 6) is 3.17. The molecule has 3 aliphatic carbocycles. The van der Waals surface area contributed by atoms with E-state index in [4.69, 9.17) is 11.6 Å². The summed E-state index contributed by atoms with van der Waals surface area (Å²) < 4.78 is 42.1. The predicted octanol–water partition coefficient (Wildman–Crippen LogP) is 8.57. The fourth-order valence-electron chi connectivity index (χ4n) is 8.37. The second-order valence-electron chi connectivity index (χ2n) is 14.4. The van der Waals surface area contributed by atoms with E-state index in [1.165, 1.54) is 45.1 Å². The Labute approximate surface area is 241 Å². The molecule has 3 fully saturated rings. The minimum atomic E-state index is -4.50. The summed E-state index contributed by atoms with van der Waals surface area (Å²) in [5, 5.41) is 4.31. The normalized spacial score (nSPS) is 35.6. The summed E-state index contributed by atoms with van der Waals surface area (Å²) in [6.45, 7) is 14.1. The number of likely N-dealkylation sites (tertiary alicyclic amines) is 1. The number of rotatable bonds is 9. The van der Waals surface area contributed by atoms with Gasteiger partial charge in [-0.2, -0.15) is 0 Å². The van der Waals surface area contributed by atoms with E-state index in [-0.39, 0.29) is 5.41 Å². The summed E-state index contributed by atoms with van der Waals surface area (Å²) in [6, 6.07) is 0.485. The van der Waals surface area contributed by atoms with Gasteiger partial charge in [0, 0.05) is 24.5 Å². The highest BCUT2D eigenvalue weighted by Crippen LogP contribution is 2.44. The van der Waals surface area contributed by atoms with Crippen molar-refractivity contribution in [3.63, 3.8) is 0 Å². The number of piperidine rings is 1. The van der Waals surface area contributed by atoms with Crippen molar-refractivity contribution in [2.75, 3.05) is 26.2 Å². The predicted molar refractivity (Wildman–Crippen MR) is 155 cm³/mol. The number of halogens is 4. The van der Waals surface area contributed by atoms with E-state index in [1.807, 2.05) is 0 Å². The van der Waals surface area contributed by atoms with Crippen molar-refractivity contribution < 1.29 is 17.9 Å². The minimum Gasteiger partial charge on any atom is -0.312 e. The molecule has 0 aromatic heterocycles. The molecule has 39 heavy (non-hydrogen) atoms. The lowest BCUT2D eigenvalue weighted by atomic mass is 9.68. The standard InChI is InChI=1S/C32H54ClF3N2O/c1-22(2)30(20-38-17-16-29(31(3,4)21-38)25-8-12-27(33)13-9-25)37-19-23-6-5-7-26(18-23)24-10-14-28(15-11-24)39-32(34,35)36/h8,22-24,26-30,37H,5-7,9-21H2,1-4H3/t23?,24?,26?,27?,28?,29-,30+/m1/s1. The molecule has 0 amide bonds. The average Bonchev–Trinajstić information content (AvgIpc) is 2.86. The van der Waals surface area contributed by atoms with Crippen LogP contribution in [-0.4, -0.2) is 55.0 Å². The van der Waals surface area contributed by atoms with E-state index >= 15 is 0 Å². The summed E-state index contributed by atoms with van der Waals surface area (Å²) in [4.78, 5) is 2.70. The van der Waals surface area contributed by atoms with Crippen LogP contribution in [0.25, 0.3) is 0 Å². The molecule has 4 aliphatic rings. The largest absolute Gasteiger partial charge is 0.522 e. The Balaban J connectivity index is 1.23. The van der Waals surface area contributed by atoms with Crippen LogP contribution >= 0.6 is 11.6 Å². The van der Waals surface area contributed by atoms with Gasteiger partial charge in [-0.05, 0) is 112 Å². The van der Waals surface area contributed by atoms with Crippen molar-refractivity contribution >= 4 is 11.6 Å². The molecule has 2 saturated carbocycles. The molecule has 7 heteroatoms. The van der Waals surface area contributed by atoms with Crippen molar-refractivity contribution in [3.8, 4) is 0 Å². The van der Waals surface area contributed by atoms with Crippen LogP contribution in [0.3, 0.4) is 0 Å². The van der Waals surface area contributed by atoms with Crippen LogP contribution < -0.4 is 5.32 Å². The van der Waals surface area contributed by atoms with Crippen LogP contribution in [0.2, 0.25) is 0 Å². The fourth-order valence-corrected chi connectivity index (χ4v) is 8.57. The maximum atomic E-state index is 12.6. The van der Waals surface area contributed by atoms with Crippen LogP contribution in [0.4, 0.5) is 13.2 Å². The molecule has 5 atom stereocenters. The van der Waals surface area contributed by atoms with E-state index in [0.717, 1.165) is 45.3 Å². The second-order valence-corrected chi connectivity index (χ2v) is 15.0. The Kier molecular flexibility index (Phi) is 11.2. The molecule has 0 bridgehead atoms. The first-order valence-electron chi connectivity index (χ1n) is 15.9. The topological polar surface area (TPSA) is 24.5 Å². The first kappa shape index (κ1) is 31.6. The van der Waals surface area contributed by atoms with Gasteiger partial charge in [0.2, 0.25) is 0 Å². The van der Waals surface area contributed by atoms with Gasteiger partial charge in [0.25, 0.3) is 0 Å². The van der Waals surface area contributed by atoms with Crippen molar-refractivity contribution in [2.45, 2.75) is 129 Å². The number of hydrogen-bond acceptors (Lipinski definition) is 3. The van der Waals surface area contributed by atoms with Gasteiger partial charge in [0.05, 0.1) is 6.10 Å². The quantitative estimate of drug-likeness (QED) is 0.220. The van der Waals surface area contributed by atoms with Crippen molar-refractivity contribution in [2.24, 2.45) is 35.0 Å². The van der Waals surface area contributed by atoms with E-state index in [9.17, 15) is 13.2 Å². The van der Waals surface area contributed by atoms with Gasteiger partial charge >= 0.3 is 6.36 Å². The van der Waals surface area contributed by atoms with Crippen LogP contribution in [0, 0.1) is 35.0 Å². The Hall–Kier alpha value is -0.300. The van der Waals surface area contributed by atoms with Gasteiger partial charge in [-0.1, -0.05) is 52.2 Å². The first-order valence-corrected chi connectivity index (χ1v) is 16.4. The SMILES string of the molecule is CC(C)[C@H](CN1CC[C@H](C2=CCC(Cl)CC2)C(C)(C)C1)NCC1CCCC(C2CCC(OC(F)(F)F)CC2)C1. The Morgan fingerprint density at radius 3 is 2.41 bits per heavy atom. The van der Waals surface area contributed by atoms with Crippen molar-refractivity contribution in [1.29, 1.82) is 0 Å². The Bertz CT molecular complexity index is 793. The second kappa shape index (κ2) is 13.8. The molecule has 0 radical (unpaired) electrons. The van der Waals surface area contributed by atoms with E-state index in [1.54, 1.807) is 5.57 Å². The highest BCUT2D eigenvalue weighted by molar-refractivity contribution is 6.20. The molecule has 0 spiro atoms. The molecule has 1 saturated heterocycles. The number of allylic oxidation sites excluding steroid dienone is 2. The highest BCUT2D eigenvalue weighted by atomic mass is 35.5. The molecule has 4 rings (SSSR count). The van der Waals surface area contributed by atoms with Gasteiger partial charge in [0.15, 0.2) is 0 Å². The van der Waals surface area contributed by atoms with Crippen LogP contribution in [0.5, 0.6) is 0 Å². The van der Waals surface area contributed by atoms with Gasteiger partial charge in [0.1, 0.15) is 0 Å². The van der Waals surface area contributed by atoms with E-state index in [0.29, 0.717) is 53.9 Å². The number of alkyl halides is 4. The fraction of sp³-hybridized carbons (Fsp3) is 0.938. The lowest BCUT2D eigenvalue weighted by molar-refractivity contribution is -0.346. The summed E-state index contributed by atoms with van der Waals surface area (Å²) in [7, 11) is 0. The maximum absolute atomic E-state index is 12.6. The van der Waals surface area contributed by atoms with Crippen molar-refractivity contribution in [1.82, 2.24) is 10.2 Å². The number of nitrogens with one attached hydrogen (secondary N) is 1. The minimum absolute atomic E-state index is 0.283. The van der Waals surface area contributed by atoms with Crippen molar-refractivity contribution in [3.05, 3.63) is 11.6 Å². The summed E-state index contributed by atoms with van der Waals surface area (Å²) >= 11 is 6.36. The molecular weight excluding hydrogens is 521 g/mol. The third-order valence-electron chi connectivity index (χ3n) is 10.6. The van der Waals surface area contributed by atoms with E-state index < -0.39 is 12.5 Å². The molecule has 3 nitrogen and oxygen atoms in total. The molecular formula is C32H54ClF3N2O. The Morgan fingerprint density at radius 2 is 1.79 bits per heavy atom. The summed E-state index contributed by atoms with van der Waals surface area (Å²) in [5.41, 5.74) is 1.94. The van der Waals surface area contributed by atoms with Crippen LogP contribution in [0.1, 0.15) is 105 Å². The van der Waals surface area contributed by atoms with E-state index in [2.05, 4.69) is 48.7 Å². The lowest BCUT2D eigenvalue weighted by Gasteiger charge is -2.47. The van der Waals surface area contributed by atoms with Gasteiger partial charge in [-0.15, -0.1) is 24.8 Å². The molecule has 1 N–H and O–H groups in total. The Morgan fingerprint density at radius 1 is 1.05 bits per heavy atom. The zero-order chi connectivity index (χ0) is 28.2.